The number of benzene rings is 1. The van der Waals surface area contributed by atoms with E-state index in [1.54, 1.807) is 23.9 Å². The third-order valence-electron chi connectivity index (χ3n) is 2.03. The minimum atomic E-state index is 0.175. The molecule has 1 nitrogen and oxygen atoms in total. The maximum absolute atomic E-state index is 11.7. The van der Waals surface area contributed by atoms with E-state index >= 15 is 0 Å². The number of aryl methyl sites for hydroxylation is 1. The Morgan fingerprint density at radius 3 is 2.67 bits per heavy atom. The molecule has 0 atom stereocenters. The molecule has 15 heavy (non-hydrogen) atoms. The molecule has 1 rings (SSSR count). The van der Waals surface area contributed by atoms with Crippen molar-refractivity contribution >= 4 is 29.1 Å². The predicted molar refractivity (Wildman–Crippen MR) is 68.1 cm³/mol. The molecule has 1 aromatic carbocycles. The Hall–Kier alpha value is -0.470. The van der Waals surface area contributed by atoms with Crippen LogP contribution in [0.15, 0.2) is 18.2 Å². The van der Waals surface area contributed by atoms with Gasteiger partial charge in [0.05, 0.1) is 5.75 Å². The van der Waals surface area contributed by atoms with E-state index in [1.807, 2.05) is 13.0 Å². The van der Waals surface area contributed by atoms with Gasteiger partial charge in [-0.3, -0.25) is 4.79 Å². The maximum Gasteiger partial charge on any atom is 0.172 e. The van der Waals surface area contributed by atoms with Crippen LogP contribution in [-0.4, -0.2) is 16.8 Å². The molecule has 82 valence electrons. The third-order valence-corrected chi connectivity index (χ3v) is 3.55. The van der Waals surface area contributed by atoms with E-state index in [9.17, 15) is 4.79 Å². The van der Waals surface area contributed by atoms with Gasteiger partial charge in [-0.2, -0.15) is 11.8 Å². The minimum Gasteiger partial charge on any atom is -0.293 e. The number of carbonyl (C=O) groups is 1. The summed E-state index contributed by atoms with van der Waals surface area (Å²) in [7, 11) is 0. The molecule has 0 heterocycles. The summed E-state index contributed by atoms with van der Waals surface area (Å²) in [4.78, 5) is 11.7. The summed E-state index contributed by atoms with van der Waals surface area (Å²) < 4.78 is 0. The average Bonchev–Trinajstić information content (AvgIpc) is 2.18. The summed E-state index contributed by atoms with van der Waals surface area (Å²) in [6, 6.07) is 5.42. The predicted octanol–water partition coefficient (Wildman–Crippen LogP) is 3.97. The normalized spacial score (nSPS) is 10.7. The summed E-state index contributed by atoms with van der Waals surface area (Å²) >= 11 is 7.56. The molecule has 0 saturated carbocycles. The van der Waals surface area contributed by atoms with Gasteiger partial charge in [0.1, 0.15) is 0 Å². The van der Waals surface area contributed by atoms with Gasteiger partial charge in [-0.15, -0.1) is 0 Å². The van der Waals surface area contributed by atoms with Crippen LogP contribution < -0.4 is 0 Å². The zero-order valence-corrected chi connectivity index (χ0v) is 10.8. The lowest BCUT2D eigenvalue weighted by Gasteiger charge is -2.05. The first kappa shape index (κ1) is 12.6. The molecule has 0 spiro atoms. The molecule has 0 aromatic heterocycles. The fraction of sp³-hybridized carbons (Fsp3) is 0.417. The van der Waals surface area contributed by atoms with Crippen LogP contribution in [0.2, 0.25) is 5.02 Å². The van der Waals surface area contributed by atoms with Gasteiger partial charge in [0.2, 0.25) is 0 Å². The van der Waals surface area contributed by atoms with Gasteiger partial charge in [0, 0.05) is 10.6 Å². The number of hydrogen-bond acceptors (Lipinski definition) is 2. The Kier molecular flexibility index (Phi) is 4.68. The molecule has 1 aromatic rings. The molecule has 0 aliphatic rings. The molecule has 0 saturated heterocycles. The van der Waals surface area contributed by atoms with E-state index in [4.69, 9.17) is 11.6 Å². The number of thioether (sulfide) groups is 1. The van der Waals surface area contributed by atoms with Crippen molar-refractivity contribution in [1.82, 2.24) is 0 Å². The molecule has 0 aliphatic heterocycles. The van der Waals surface area contributed by atoms with Gasteiger partial charge in [0.25, 0.3) is 0 Å². The molecule has 3 heteroatoms. The van der Waals surface area contributed by atoms with Gasteiger partial charge in [-0.25, -0.2) is 0 Å². The first-order chi connectivity index (χ1) is 7.00. The number of halogens is 1. The van der Waals surface area contributed by atoms with Crippen molar-refractivity contribution in [3.8, 4) is 0 Å². The Bertz CT molecular complexity index is 361. The van der Waals surface area contributed by atoms with Crippen molar-refractivity contribution in [3.63, 3.8) is 0 Å². The second-order valence-corrected chi connectivity index (χ2v) is 5.72. The van der Waals surface area contributed by atoms with Crippen LogP contribution in [0.5, 0.6) is 0 Å². The molecular weight excluding hydrogens is 228 g/mol. The highest BCUT2D eigenvalue weighted by Crippen LogP contribution is 2.18. The Morgan fingerprint density at radius 2 is 2.13 bits per heavy atom. The molecule has 0 aliphatic carbocycles. The molecule has 0 bridgehead atoms. The number of Topliss-reactive ketones (excluding diaryl/α,β-unsaturated/α-hetero) is 1. The van der Waals surface area contributed by atoms with Crippen LogP contribution in [0.3, 0.4) is 0 Å². The highest BCUT2D eigenvalue weighted by atomic mass is 35.5. The summed E-state index contributed by atoms with van der Waals surface area (Å²) in [6.45, 7) is 6.09. The van der Waals surface area contributed by atoms with Crippen LogP contribution >= 0.6 is 23.4 Å². The van der Waals surface area contributed by atoms with Gasteiger partial charge < -0.3 is 0 Å². The van der Waals surface area contributed by atoms with Crippen LogP contribution in [-0.2, 0) is 0 Å². The smallest absolute Gasteiger partial charge is 0.172 e. The Morgan fingerprint density at radius 1 is 1.47 bits per heavy atom. The largest absolute Gasteiger partial charge is 0.293 e. The summed E-state index contributed by atoms with van der Waals surface area (Å²) in [5.41, 5.74) is 1.71. The Balaban J connectivity index is 2.70. The molecular formula is C12H15ClOS. The van der Waals surface area contributed by atoms with E-state index in [2.05, 4.69) is 13.8 Å². The van der Waals surface area contributed by atoms with Crippen molar-refractivity contribution in [1.29, 1.82) is 0 Å². The average molecular weight is 243 g/mol. The lowest BCUT2D eigenvalue weighted by Crippen LogP contribution is -2.05. The molecule has 0 unspecified atom stereocenters. The highest BCUT2D eigenvalue weighted by molar-refractivity contribution is 8.00. The number of ketones is 1. The standard InChI is InChI=1S/C12H15ClOS/c1-8(2)15-7-12(14)10-4-5-11(13)9(3)6-10/h4-6,8H,7H2,1-3H3. The van der Waals surface area contributed by atoms with E-state index in [-0.39, 0.29) is 5.78 Å². The van der Waals surface area contributed by atoms with E-state index in [0.717, 1.165) is 11.1 Å². The van der Waals surface area contributed by atoms with Crippen molar-refractivity contribution in [2.45, 2.75) is 26.0 Å². The van der Waals surface area contributed by atoms with Crippen molar-refractivity contribution in [2.75, 3.05) is 5.75 Å². The SMILES string of the molecule is Cc1cc(C(=O)CSC(C)C)ccc1Cl. The molecule has 0 amide bonds. The summed E-state index contributed by atoms with van der Waals surface area (Å²) in [5, 5.41) is 1.20. The number of carbonyl (C=O) groups excluding carboxylic acids is 1. The van der Waals surface area contributed by atoms with Gasteiger partial charge in [0.15, 0.2) is 5.78 Å². The topological polar surface area (TPSA) is 17.1 Å². The fourth-order valence-electron chi connectivity index (χ4n) is 1.14. The van der Waals surface area contributed by atoms with Crippen molar-refractivity contribution in [3.05, 3.63) is 34.3 Å². The zero-order chi connectivity index (χ0) is 11.4. The molecule has 0 radical (unpaired) electrons. The third kappa shape index (κ3) is 3.88. The first-order valence-corrected chi connectivity index (χ1v) is 6.34. The van der Waals surface area contributed by atoms with Crippen molar-refractivity contribution in [2.24, 2.45) is 0 Å². The number of hydrogen-bond donors (Lipinski definition) is 0. The minimum absolute atomic E-state index is 0.175. The summed E-state index contributed by atoms with van der Waals surface area (Å²) in [5.74, 6) is 0.715. The van der Waals surface area contributed by atoms with E-state index in [1.165, 1.54) is 0 Å². The fourth-order valence-corrected chi connectivity index (χ4v) is 1.91. The highest BCUT2D eigenvalue weighted by Gasteiger charge is 2.08. The van der Waals surface area contributed by atoms with Gasteiger partial charge >= 0.3 is 0 Å². The quantitative estimate of drug-likeness (QED) is 0.744. The number of rotatable bonds is 4. The Labute approximate surface area is 100 Å². The maximum atomic E-state index is 11.7. The second kappa shape index (κ2) is 5.57. The van der Waals surface area contributed by atoms with Crippen LogP contribution in [0, 0.1) is 6.92 Å². The van der Waals surface area contributed by atoms with Crippen LogP contribution in [0.25, 0.3) is 0 Å². The monoisotopic (exact) mass is 242 g/mol. The van der Waals surface area contributed by atoms with E-state index in [0.29, 0.717) is 16.0 Å². The van der Waals surface area contributed by atoms with Crippen LogP contribution in [0.1, 0.15) is 29.8 Å². The lowest BCUT2D eigenvalue weighted by atomic mass is 10.1. The van der Waals surface area contributed by atoms with Gasteiger partial charge in [-0.1, -0.05) is 25.4 Å². The van der Waals surface area contributed by atoms with Gasteiger partial charge in [-0.05, 0) is 35.9 Å². The molecule has 0 N–H and O–H groups in total. The molecule has 0 fully saturated rings. The van der Waals surface area contributed by atoms with Crippen molar-refractivity contribution < 1.29 is 4.79 Å². The zero-order valence-electron chi connectivity index (χ0n) is 9.21. The summed E-state index contributed by atoms with van der Waals surface area (Å²) in [6.07, 6.45) is 0. The second-order valence-electron chi connectivity index (χ2n) is 3.75. The lowest BCUT2D eigenvalue weighted by molar-refractivity contribution is 0.102. The van der Waals surface area contributed by atoms with E-state index < -0.39 is 0 Å². The van der Waals surface area contributed by atoms with Crippen LogP contribution in [0.4, 0.5) is 0 Å². The first-order valence-electron chi connectivity index (χ1n) is 4.91.